The Kier molecular flexibility index (Phi) is 10.5. The van der Waals surface area contributed by atoms with Crippen LogP contribution in [-0.2, 0) is 37.5 Å². The van der Waals surface area contributed by atoms with E-state index >= 15 is 0 Å². The van der Waals surface area contributed by atoms with Gasteiger partial charge < -0.3 is 16.2 Å². The van der Waals surface area contributed by atoms with Gasteiger partial charge >= 0.3 is 12.1 Å². The van der Waals surface area contributed by atoms with Crippen molar-refractivity contribution >= 4 is 39.4 Å². The zero-order valence-electron chi connectivity index (χ0n) is 20.1. The molecule has 1 aromatic carbocycles. The molecule has 37 heavy (non-hydrogen) atoms. The number of hydrogen-bond acceptors (Lipinski definition) is 7. The predicted molar refractivity (Wildman–Crippen MR) is 129 cm³/mol. The standard InChI is InChI=1S/C20H29ClN4O4S.C2HF3O2/c1-30(28,29)24-20(8-2-3-9-20)19(27)25(18(26)17-5-4-10-23-17)13-15-11-16(21)7-6-14(15)12-22;3-2(4,5)1(6)7/h6-7,11,17,23-24H,2-5,8-10,12-13,22H2,1H3;(H,6,7)/t17-;/m0./s1. The van der Waals surface area contributed by atoms with Crippen LogP contribution in [0, 0.1) is 0 Å². The monoisotopic (exact) mass is 570 g/mol. The van der Waals surface area contributed by atoms with Crippen molar-refractivity contribution in [2.24, 2.45) is 5.73 Å². The number of nitrogens with one attached hydrogen (secondary N) is 2. The molecule has 3 rings (SSSR count). The molecule has 0 unspecified atom stereocenters. The van der Waals surface area contributed by atoms with Gasteiger partial charge in [-0.2, -0.15) is 17.9 Å². The Bertz CT molecular complexity index is 1100. The summed E-state index contributed by atoms with van der Waals surface area (Å²) in [6.45, 7) is 0.934. The maximum Gasteiger partial charge on any atom is 0.490 e. The number of carbonyl (C=O) groups is 3. The SMILES string of the molecule is CS(=O)(=O)NC1(C(=O)N(Cc2cc(Cl)ccc2CN)C(=O)[C@@H]2CCCN2)CCCC1.O=C(O)C(F)(F)F. The molecule has 2 fully saturated rings. The molecule has 15 heteroatoms. The number of nitrogens with zero attached hydrogens (tertiary/aromatic N) is 1. The second-order valence-electron chi connectivity index (χ2n) is 8.96. The van der Waals surface area contributed by atoms with Crippen LogP contribution in [0.2, 0.25) is 5.02 Å². The van der Waals surface area contributed by atoms with Crippen molar-refractivity contribution in [3.8, 4) is 0 Å². The van der Waals surface area contributed by atoms with Crippen molar-refractivity contribution < 1.29 is 41.1 Å². The first-order valence-electron chi connectivity index (χ1n) is 11.5. The topological polar surface area (TPSA) is 159 Å². The molecule has 1 aliphatic heterocycles. The van der Waals surface area contributed by atoms with E-state index in [1.807, 2.05) is 0 Å². The van der Waals surface area contributed by atoms with Gasteiger partial charge in [-0.15, -0.1) is 0 Å². The van der Waals surface area contributed by atoms with E-state index in [1.165, 1.54) is 4.90 Å². The van der Waals surface area contributed by atoms with Crippen molar-refractivity contribution in [3.63, 3.8) is 0 Å². The summed E-state index contributed by atoms with van der Waals surface area (Å²) < 4.78 is 58.3. The molecule has 1 aromatic rings. The fourth-order valence-corrected chi connectivity index (χ4v) is 5.59. The van der Waals surface area contributed by atoms with Crippen LogP contribution in [0.15, 0.2) is 18.2 Å². The van der Waals surface area contributed by atoms with Crippen LogP contribution in [0.1, 0.15) is 49.7 Å². The Morgan fingerprint density at radius 1 is 1.22 bits per heavy atom. The van der Waals surface area contributed by atoms with Crippen LogP contribution in [0.4, 0.5) is 13.2 Å². The molecule has 1 atom stereocenters. The van der Waals surface area contributed by atoms with Crippen LogP contribution >= 0.6 is 11.6 Å². The lowest BCUT2D eigenvalue weighted by Crippen LogP contribution is -2.60. The number of amides is 2. The summed E-state index contributed by atoms with van der Waals surface area (Å²) in [7, 11) is -3.65. The zero-order valence-corrected chi connectivity index (χ0v) is 21.7. The molecule has 1 aliphatic carbocycles. The molecule has 1 saturated carbocycles. The number of halogens is 4. The molecule has 10 nitrogen and oxygen atoms in total. The maximum atomic E-state index is 13.7. The van der Waals surface area contributed by atoms with Crippen LogP contribution in [-0.4, -0.2) is 66.8 Å². The smallest absolute Gasteiger partial charge is 0.475 e. The average Bonchev–Trinajstić information content (AvgIpc) is 3.48. The van der Waals surface area contributed by atoms with Gasteiger partial charge in [0.25, 0.3) is 5.91 Å². The summed E-state index contributed by atoms with van der Waals surface area (Å²) in [4.78, 5) is 37.1. The van der Waals surface area contributed by atoms with Gasteiger partial charge in [-0.25, -0.2) is 13.2 Å². The molecule has 5 N–H and O–H groups in total. The van der Waals surface area contributed by atoms with Crippen LogP contribution in [0.3, 0.4) is 0 Å². The fourth-order valence-electron chi connectivity index (χ4n) is 4.40. The van der Waals surface area contributed by atoms with Gasteiger partial charge in [-0.05, 0) is 55.5 Å². The average molecular weight is 571 g/mol. The number of benzene rings is 1. The molecule has 2 amide bonds. The van der Waals surface area contributed by atoms with E-state index in [9.17, 15) is 31.2 Å². The number of carboxylic acids is 1. The number of nitrogens with two attached hydrogens (primary N) is 1. The molecule has 0 aromatic heterocycles. The molecule has 2 aliphatic rings. The summed E-state index contributed by atoms with van der Waals surface area (Å²) >= 11 is 6.15. The minimum Gasteiger partial charge on any atom is -0.475 e. The number of sulfonamides is 1. The quantitative estimate of drug-likeness (QED) is 0.362. The number of aliphatic carboxylic acids is 1. The van der Waals surface area contributed by atoms with Gasteiger partial charge in [0.1, 0.15) is 5.54 Å². The Morgan fingerprint density at radius 3 is 2.27 bits per heavy atom. The number of imide groups is 1. The van der Waals surface area contributed by atoms with Gasteiger partial charge in [0.15, 0.2) is 0 Å². The van der Waals surface area contributed by atoms with Gasteiger partial charge in [0.05, 0.1) is 18.8 Å². The Balaban J connectivity index is 0.000000604. The number of hydrogen-bond donors (Lipinski definition) is 4. The molecule has 0 spiro atoms. The first kappa shape index (κ1) is 31.0. The molecular formula is C22H30ClF3N4O6S. The van der Waals surface area contributed by atoms with Crippen LogP contribution < -0.4 is 15.8 Å². The second-order valence-corrected chi connectivity index (χ2v) is 11.1. The van der Waals surface area contributed by atoms with Crippen LogP contribution in [0.25, 0.3) is 0 Å². The predicted octanol–water partition coefficient (Wildman–Crippen LogP) is 1.90. The Hall–Kier alpha value is -2.26. The number of rotatable bonds is 7. The summed E-state index contributed by atoms with van der Waals surface area (Å²) in [5.41, 5.74) is 6.00. The van der Waals surface area contributed by atoms with E-state index in [4.69, 9.17) is 27.2 Å². The van der Waals surface area contributed by atoms with Gasteiger partial charge in [0, 0.05) is 11.6 Å². The van der Waals surface area contributed by atoms with Crippen molar-refractivity contribution in [3.05, 3.63) is 34.3 Å². The third kappa shape index (κ3) is 8.64. The fraction of sp³-hybridized carbons (Fsp3) is 0.591. The summed E-state index contributed by atoms with van der Waals surface area (Å²) in [5, 5.41) is 10.7. The highest BCUT2D eigenvalue weighted by atomic mass is 35.5. The summed E-state index contributed by atoms with van der Waals surface area (Å²) in [6, 6.07) is 4.72. The van der Waals surface area contributed by atoms with E-state index in [1.54, 1.807) is 18.2 Å². The largest absolute Gasteiger partial charge is 0.490 e. The lowest BCUT2D eigenvalue weighted by Gasteiger charge is -2.35. The van der Waals surface area contributed by atoms with Crippen molar-refractivity contribution in [1.82, 2.24) is 14.9 Å². The molecular weight excluding hydrogens is 541 g/mol. The first-order chi connectivity index (χ1) is 17.1. The van der Waals surface area contributed by atoms with Gasteiger partial charge in [-0.3, -0.25) is 14.5 Å². The highest BCUT2D eigenvalue weighted by Gasteiger charge is 2.48. The minimum absolute atomic E-state index is 0.00384. The van der Waals surface area contributed by atoms with Crippen LogP contribution in [0.5, 0.6) is 0 Å². The van der Waals surface area contributed by atoms with E-state index in [0.29, 0.717) is 49.2 Å². The van der Waals surface area contributed by atoms with E-state index < -0.39 is 39.7 Å². The maximum absolute atomic E-state index is 13.7. The zero-order chi connectivity index (χ0) is 28.0. The molecule has 1 saturated heterocycles. The van der Waals surface area contributed by atoms with Gasteiger partial charge in [0.2, 0.25) is 15.9 Å². The lowest BCUT2D eigenvalue weighted by molar-refractivity contribution is -0.192. The van der Waals surface area contributed by atoms with E-state index in [2.05, 4.69) is 10.0 Å². The third-order valence-corrected chi connectivity index (χ3v) is 7.07. The summed E-state index contributed by atoms with van der Waals surface area (Å²) in [6.07, 6.45) is -0.425. The molecule has 0 radical (unpaired) electrons. The third-order valence-electron chi connectivity index (χ3n) is 6.08. The molecule has 208 valence electrons. The van der Waals surface area contributed by atoms with Crippen molar-refractivity contribution in [1.29, 1.82) is 0 Å². The van der Waals surface area contributed by atoms with Crippen molar-refractivity contribution in [2.45, 2.75) is 69.4 Å². The lowest BCUT2D eigenvalue weighted by atomic mass is 9.95. The molecule has 0 bridgehead atoms. The minimum atomic E-state index is -5.08. The number of carboxylic acid groups (broad SMARTS) is 1. The Labute approximate surface area is 217 Å². The number of alkyl halides is 3. The normalized spacial score (nSPS) is 19.1. The van der Waals surface area contributed by atoms with E-state index in [0.717, 1.165) is 18.2 Å². The van der Waals surface area contributed by atoms with Gasteiger partial charge in [-0.1, -0.05) is 30.5 Å². The highest BCUT2D eigenvalue weighted by molar-refractivity contribution is 7.88. The Morgan fingerprint density at radius 2 is 1.81 bits per heavy atom. The summed E-state index contributed by atoms with van der Waals surface area (Å²) in [5.74, 6) is -3.61. The van der Waals surface area contributed by atoms with E-state index in [-0.39, 0.29) is 19.0 Å². The first-order valence-corrected chi connectivity index (χ1v) is 13.7. The van der Waals surface area contributed by atoms with Crippen molar-refractivity contribution in [2.75, 3.05) is 12.8 Å². The highest BCUT2D eigenvalue weighted by Crippen LogP contribution is 2.33. The second kappa shape index (κ2) is 12.5. The number of carbonyl (C=O) groups excluding carboxylic acids is 2. The molecule has 1 heterocycles.